The molecule has 1 atom stereocenters. The maximum Gasteiger partial charge on any atom is 0.336 e. The van der Waals surface area contributed by atoms with Crippen LogP contribution in [0.15, 0.2) is 60.7 Å². The number of carbonyl (C=O) groups is 2. The minimum Gasteiger partial charge on any atom is -0.467 e. The number of anilines is 1. The summed E-state index contributed by atoms with van der Waals surface area (Å²) < 4.78 is 4.51. The Kier molecular flexibility index (Phi) is 5.27. The molecule has 0 saturated heterocycles. The highest BCUT2D eigenvalue weighted by Gasteiger charge is 2.25. The van der Waals surface area contributed by atoms with Crippen molar-refractivity contribution >= 4 is 17.6 Å². The van der Waals surface area contributed by atoms with Crippen molar-refractivity contribution in [2.24, 2.45) is 0 Å². The first-order chi connectivity index (χ1) is 10.6. The van der Waals surface area contributed by atoms with Gasteiger partial charge in [-0.2, -0.15) is 0 Å². The van der Waals surface area contributed by atoms with Gasteiger partial charge < -0.3 is 14.7 Å². The number of ether oxygens (including phenoxy) is 1. The van der Waals surface area contributed by atoms with Crippen molar-refractivity contribution in [2.75, 3.05) is 18.6 Å². The second-order valence-corrected chi connectivity index (χ2v) is 4.66. The minimum absolute atomic E-state index is 0.176. The lowest BCUT2D eigenvalue weighted by Gasteiger charge is -2.24. The second-order valence-electron chi connectivity index (χ2n) is 4.66. The van der Waals surface area contributed by atoms with Crippen molar-refractivity contribution in [2.45, 2.75) is 6.10 Å². The van der Waals surface area contributed by atoms with Crippen LogP contribution in [0.1, 0.15) is 10.4 Å². The molecule has 0 radical (unpaired) electrons. The number of benzene rings is 2. The molecule has 22 heavy (non-hydrogen) atoms. The van der Waals surface area contributed by atoms with Gasteiger partial charge in [0.15, 0.2) is 6.10 Å². The van der Waals surface area contributed by atoms with E-state index in [0.29, 0.717) is 11.3 Å². The molecule has 0 saturated carbocycles. The quantitative estimate of drug-likeness (QED) is 0.856. The molecule has 1 N–H and O–H groups in total. The van der Waals surface area contributed by atoms with Gasteiger partial charge in [-0.15, -0.1) is 0 Å². The van der Waals surface area contributed by atoms with Crippen LogP contribution in [0.5, 0.6) is 0 Å². The van der Waals surface area contributed by atoms with Gasteiger partial charge in [0.2, 0.25) is 0 Å². The van der Waals surface area contributed by atoms with Gasteiger partial charge in [-0.1, -0.05) is 36.4 Å². The zero-order chi connectivity index (χ0) is 15.9. The van der Waals surface area contributed by atoms with Crippen LogP contribution in [-0.2, 0) is 9.53 Å². The zero-order valence-electron chi connectivity index (χ0n) is 12.2. The van der Waals surface area contributed by atoms with Crippen molar-refractivity contribution in [3.8, 4) is 0 Å². The van der Waals surface area contributed by atoms with E-state index >= 15 is 0 Å². The number of aliphatic hydroxyl groups is 1. The third kappa shape index (κ3) is 3.71. The SMILES string of the molecule is COC(=O)[C@@H](O)CN(C(=O)c1ccccc1)c1ccccc1. The Hall–Kier alpha value is -2.66. The van der Waals surface area contributed by atoms with Gasteiger partial charge in [0, 0.05) is 11.3 Å². The standard InChI is InChI=1S/C17H17NO4/c1-22-17(21)15(19)12-18(14-10-6-3-7-11-14)16(20)13-8-4-2-5-9-13/h2-11,15,19H,12H2,1H3/t15-/m0/s1. The molecule has 0 bridgehead atoms. The van der Waals surface area contributed by atoms with E-state index in [0.717, 1.165) is 0 Å². The van der Waals surface area contributed by atoms with Crippen LogP contribution in [0.3, 0.4) is 0 Å². The molecule has 5 nitrogen and oxygen atoms in total. The van der Waals surface area contributed by atoms with Gasteiger partial charge in [0.05, 0.1) is 13.7 Å². The molecule has 2 aromatic rings. The summed E-state index contributed by atoms with van der Waals surface area (Å²) in [7, 11) is 1.19. The molecule has 1 amide bonds. The predicted molar refractivity (Wildman–Crippen MR) is 82.6 cm³/mol. The first kappa shape index (κ1) is 15.7. The molecular formula is C17H17NO4. The summed E-state index contributed by atoms with van der Waals surface area (Å²) in [5.41, 5.74) is 1.07. The highest BCUT2D eigenvalue weighted by molar-refractivity contribution is 6.06. The smallest absolute Gasteiger partial charge is 0.336 e. The van der Waals surface area contributed by atoms with Crippen LogP contribution in [0.2, 0.25) is 0 Å². The Balaban J connectivity index is 2.30. The van der Waals surface area contributed by atoms with Crippen molar-refractivity contribution in [1.82, 2.24) is 0 Å². The monoisotopic (exact) mass is 299 g/mol. The van der Waals surface area contributed by atoms with Gasteiger partial charge in [-0.05, 0) is 24.3 Å². The molecule has 5 heteroatoms. The fourth-order valence-corrected chi connectivity index (χ4v) is 2.03. The van der Waals surface area contributed by atoms with Gasteiger partial charge in [0.25, 0.3) is 5.91 Å². The number of hydrogen-bond acceptors (Lipinski definition) is 4. The lowest BCUT2D eigenvalue weighted by atomic mass is 10.1. The van der Waals surface area contributed by atoms with Gasteiger partial charge in [-0.3, -0.25) is 4.79 Å². The topological polar surface area (TPSA) is 66.8 Å². The Morgan fingerprint density at radius 3 is 2.14 bits per heavy atom. The molecule has 0 aliphatic carbocycles. The third-order valence-corrected chi connectivity index (χ3v) is 3.16. The van der Waals surface area contributed by atoms with Gasteiger partial charge in [0.1, 0.15) is 0 Å². The fourth-order valence-electron chi connectivity index (χ4n) is 2.03. The highest BCUT2D eigenvalue weighted by atomic mass is 16.5. The number of methoxy groups -OCH3 is 1. The summed E-state index contributed by atoms with van der Waals surface area (Å²) in [5.74, 6) is -1.07. The molecule has 114 valence electrons. The van der Waals surface area contributed by atoms with Crippen LogP contribution in [0, 0.1) is 0 Å². The maximum absolute atomic E-state index is 12.7. The first-order valence-corrected chi connectivity index (χ1v) is 6.81. The molecule has 0 fully saturated rings. The summed E-state index contributed by atoms with van der Waals surface area (Å²) in [4.78, 5) is 25.4. The third-order valence-electron chi connectivity index (χ3n) is 3.16. The van der Waals surface area contributed by atoms with E-state index in [2.05, 4.69) is 4.74 Å². The number of esters is 1. The van der Waals surface area contributed by atoms with E-state index < -0.39 is 12.1 Å². The lowest BCUT2D eigenvalue weighted by molar-refractivity contribution is -0.149. The number of amides is 1. The van der Waals surface area contributed by atoms with Crippen LogP contribution >= 0.6 is 0 Å². The number of carbonyl (C=O) groups excluding carboxylic acids is 2. The average molecular weight is 299 g/mol. The summed E-state index contributed by atoms with van der Waals surface area (Å²) in [6, 6.07) is 17.6. The van der Waals surface area contributed by atoms with E-state index in [9.17, 15) is 14.7 Å². The Labute approximate surface area is 128 Å². The molecule has 0 unspecified atom stereocenters. The fraction of sp³-hybridized carbons (Fsp3) is 0.176. The molecule has 0 aliphatic rings. The van der Waals surface area contributed by atoms with Crippen LogP contribution in [0.25, 0.3) is 0 Å². The molecule has 0 spiro atoms. The van der Waals surface area contributed by atoms with Crippen LogP contribution in [0.4, 0.5) is 5.69 Å². The van der Waals surface area contributed by atoms with E-state index in [4.69, 9.17) is 0 Å². The lowest BCUT2D eigenvalue weighted by Crippen LogP contribution is -2.41. The maximum atomic E-state index is 12.7. The Morgan fingerprint density at radius 1 is 1.05 bits per heavy atom. The summed E-state index contributed by atoms with van der Waals surface area (Å²) in [5, 5.41) is 9.88. The molecule has 2 rings (SSSR count). The molecule has 0 aliphatic heterocycles. The molecule has 2 aromatic carbocycles. The predicted octanol–water partition coefficient (Wildman–Crippen LogP) is 1.87. The molecule has 0 heterocycles. The Bertz CT molecular complexity index is 628. The van der Waals surface area contributed by atoms with Crippen molar-refractivity contribution < 1.29 is 19.4 Å². The van der Waals surface area contributed by atoms with E-state index in [1.54, 1.807) is 48.5 Å². The van der Waals surface area contributed by atoms with Gasteiger partial charge >= 0.3 is 5.97 Å². The van der Waals surface area contributed by atoms with E-state index in [1.165, 1.54) is 12.0 Å². The largest absolute Gasteiger partial charge is 0.467 e. The van der Waals surface area contributed by atoms with E-state index in [-0.39, 0.29) is 12.5 Å². The Morgan fingerprint density at radius 2 is 1.59 bits per heavy atom. The number of para-hydroxylation sites is 1. The summed E-state index contributed by atoms with van der Waals surface area (Å²) in [6.07, 6.45) is -1.40. The average Bonchev–Trinajstić information content (AvgIpc) is 2.59. The summed E-state index contributed by atoms with van der Waals surface area (Å²) >= 11 is 0. The second kappa shape index (κ2) is 7.38. The number of nitrogens with zero attached hydrogens (tertiary/aromatic N) is 1. The van der Waals surface area contributed by atoms with Crippen molar-refractivity contribution in [3.63, 3.8) is 0 Å². The first-order valence-electron chi connectivity index (χ1n) is 6.81. The van der Waals surface area contributed by atoms with Crippen molar-refractivity contribution in [1.29, 1.82) is 0 Å². The number of rotatable bonds is 5. The van der Waals surface area contributed by atoms with Gasteiger partial charge in [-0.25, -0.2) is 4.79 Å². The summed E-state index contributed by atoms with van der Waals surface area (Å²) in [6.45, 7) is -0.176. The molecule has 0 aromatic heterocycles. The molecular weight excluding hydrogens is 282 g/mol. The van der Waals surface area contributed by atoms with Crippen LogP contribution < -0.4 is 4.90 Å². The van der Waals surface area contributed by atoms with Crippen molar-refractivity contribution in [3.05, 3.63) is 66.2 Å². The highest BCUT2D eigenvalue weighted by Crippen LogP contribution is 2.17. The minimum atomic E-state index is -1.40. The number of aliphatic hydroxyl groups excluding tert-OH is 1. The number of hydrogen-bond donors (Lipinski definition) is 1. The normalized spacial score (nSPS) is 11.5. The van der Waals surface area contributed by atoms with E-state index in [1.807, 2.05) is 12.1 Å². The van der Waals surface area contributed by atoms with Crippen LogP contribution in [-0.4, -0.2) is 36.7 Å². The zero-order valence-corrected chi connectivity index (χ0v) is 12.2.